The van der Waals surface area contributed by atoms with Crippen molar-refractivity contribution in [2.45, 2.75) is 42.2 Å². The summed E-state index contributed by atoms with van der Waals surface area (Å²) in [5, 5.41) is 0. The molecule has 3 atom stereocenters. The fraction of sp³-hybridized carbons (Fsp3) is 0.538. The van der Waals surface area contributed by atoms with Gasteiger partial charge in [-0.05, 0) is 26.0 Å². The molecule has 3 rings (SSSR count). The van der Waals surface area contributed by atoms with Crippen molar-refractivity contribution in [3.63, 3.8) is 0 Å². The Morgan fingerprint density at radius 1 is 1.21 bits per heavy atom. The van der Waals surface area contributed by atoms with Crippen molar-refractivity contribution >= 4 is 9.84 Å². The Labute approximate surface area is 112 Å². The van der Waals surface area contributed by atoms with Crippen LogP contribution in [-0.2, 0) is 24.0 Å². The molecule has 0 saturated carbocycles. The van der Waals surface area contributed by atoms with Crippen LogP contribution in [-0.4, -0.2) is 38.5 Å². The van der Waals surface area contributed by atoms with Crippen molar-refractivity contribution in [1.82, 2.24) is 0 Å². The first-order chi connectivity index (χ1) is 8.90. The number of benzene rings is 1. The third-order valence-electron chi connectivity index (χ3n) is 3.26. The van der Waals surface area contributed by atoms with Gasteiger partial charge in [0.1, 0.15) is 12.2 Å². The van der Waals surface area contributed by atoms with E-state index in [1.54, 1.807) is 44.2 Å². The molecule has 2 heterocycles. The van der Waals surface area contributed by atoms with Gasteiger partial charge in [-0.25, -0.2) is 8.42 Å². The van der Waals surface area contributed by atoms with Gasteiger partial charge in [0.05, 0.1) is 11.5 Å². The highest BCUT2D eigenvalue weighted by Gasteiger charge is 2.57. The highest BCUT2D eigenvalue weighted by atomic mass is 32.2. The lowest BCUT2D eigenvalue weighted by Crippen LogP contribution is -2.26. The van der Waals surface area contributed by atoms with E-state index in [0.717, 1.165) is 0 Å². The molecule has 2 aliphatic rings. The molecule has 0 bridgehead atoms. The number of ether oxygens (including phenoxy) is 3. The average Bonchev–Trinajstić information content (AvgIpc) is 3.10. The molecule has 5 nitrogen and oxygen atoms in total. The second-order valence-corrected chi connectivity index (χ2v) is 7.22. The summed E-state index contributed by atoms with van der Waals surface area (Å²) in [5.41, 5.74) is -0.822. The molecule has 104 valence electrons. The Hall–Kier alpha value is -0.950. The maximum absolute atomic E-state index is 12.3. The first kappa shape index (κ1) is 13.1. The molecule has 1 aromatic carbocycles. The molecular weight excluding hydrogens is 268 g/mol. The first-order valence-electron chi connectivity index (χ1n) is 6.16. The minimum Gasteiger partial charge on any atom is -0.349 e. The van der Waals surface area contributed by atoms with Gasteiger partial charge in [0.25, 0.3) is 0 Å². The molecule has 2 aliphatic heterocycles. The summed E-state index contributed by atoms with van der Waals surface area (Å²) in [6, 6.07) is 8.32. The third-order valence-corrected chi connectivity index (χ3v) is 5.18. The van der Waals surface area contributed by atoms with Crippen LogP contribution in [0, 0.1) is 0 Å². The van der Waals surface area contributed by atoms with Crippen molar-refractivity contribution in [3.8, 4) is 0 Å². The molecule has 19 heavy (non-hydrogen) atoms. The SMILES string of the molecule is CC1(C)OC[C@H]([C@@H]2O[C@H]2S(=O)(=O)c2ccccc2)O1. The second-order valence-electron chi connectivity index (χ2n) is 5.19. The summed E-state index contributed by atoms with van der Waals surface area (Å²) in [4.78, 5) is 0.278. The fourth-order valence-corrected chi connectivity index (χ4v) is 3.85. The van der Waals surface area contributed by atoms with Crippen molar-refractivity contribution in [3.05, 3.63) is 30.3 Å². The summed E-state index contributed by atoms with van der Waals surface area (Å²) in [7, 11) is -3.45. The number of epoxide rings is 1. The second kappa shape index (κ2) is 4.28. The van der Waals surface area contributed by atoms with Gasteiger partial charge >= 0.3 is 0 Å². The van der Waals surface area contributed by atoms with Crippen molar-refractivity contribution in [2.75, 3.05) is 6.61 Å². The Bertz CT molecular complexity index is 566. The topological polar surface area (TPSA) is 65.1 Å². The zero-order chi connectivity index (χ0) is 13.7. The number of rotatable bonds is 3. The van der Waals surface area contributed by atoms with Gasteiger partial charge in [0.15, 0.2) is 11.2 Å². The van der Waals surface area contributed by atoms with E-state index in [-0.39, 0.29) is 11.0 Å². The van der Waals surface area contributed by atoms with Gasteiger partial charge in [-0.3, -0.25) is 0 Å². The first-order valence-corrected chi connectivity index (χ1v) is 7.71. The maximum atomic E-state index is 12.3. The Balaban J connectivity index is 1.73. The summed E-state index contributed by atoms with van der Waals surface area (Å²) in [5.74, 6) is -0.669. The highest BCUT2D eigenvalue weighted by molar-refractivity contribution is 7.92. The molecule has 0 spiro atoms. The smallest absolute Gasteiger partial charge is 0.207 e. The van der Waals surface area contributed by atoms with Crippen molar-refractivity contribution in [2.24, 2.45) is 0 Å². The predicted octanol–water partition coefficient (Wildman–Crippen LogP) is 1.34. The van der Waals surface area contributed by atoms with E-state index in [4.69, 9.17) is 14.2 Å². The van der Waals surface area contributed by atoms with Gasteiger partial charge in [-0.15, -0.1) is 0 Å². The van der Waals surface area contributed by atoms with E-state index in [9.17, 15) is 8.42 Å². The Kier molecular flexibility index (Phi) is 2.94. The molecule has 0 amide bonds. The highest BCUT2D eigenvalue weighted by Crippen LogP contribution is 2.39. The summed E-state index contributed by atoms with van der Waals surface area (Å²) in [6.45, 7) is 3.96. The van der Waals surface area contributed by atoms with Crippen LogP contribution in [0.1, 0.15) is 13.8 Å². The van der Waals surface area contributed by atoms with Crippen LogP contribution in [0.15, 0.2) is 35.2 Å². The summed E-state index contributed by atoms with van der Waals surface area (Å²) >= 11 is 0. The van der Waals surface area contributed by atoms with E-state index in [2.05, 4.69) is 0 Å². The zero-order valence-corrected chi connectivity index (χ0v) is 11.6. The van der Waals surface area contributed by atoms with Gasteiger partial charge in [-0.2, -0.15) is 0 Å². The number of sulfone groups is 1. The standard InChI is InChI=1S/C13H16O5S/c1-13(2)16-8-10(18-13)11-12(17-11)19(14,15)9-6-4-3-5-7-9/h3-7,10-12H,8H2,1-2H3/t10-,11+,12+/m1/s1. The number of hydrogen-bond donors (Lipinski definition) is 0. The largest absolute Gasteiger partial charge is 0.349 e. The maximum Gasteiger partial charge on any atom is 0.207 e. The van der Waals surface area contributed by atoms with E-state index < -0.39 is 27.2 Å². The van der Waals surface area contributed by atoms with Gasteiger partial charge in [0.2, 0.25) is 9.84 Å². The molecule has 0 aromatic heterocycles. The normalized spacial score (nSPS) is 33.3. The Morgan fingerprint density at radius 3 is 2.47 bits per heavy atom. The molecule has 2 saturated heterocycles. The monoisotopic (exact) mass is 284 g/mol. The lowest BCUT2D eigenvalue weighted by atomic mass is 10.3. The molecule has 0 N–H and O–H groups in total. The zero-order valence-electron chi connectivity index (χ0n) is 10.8. The molecular formula is C13H16O5S. The van der Waals surface area contributed by atoms with Crippen molar-refractivity contribution in [1.29, 1.82) is 0 Å². The molecule has 6 heteroatoms. The van der Waals surface area contributed by atoms with Gasteiger partial charge < -0.3 is 14.2 Å². The van der Waals surface area contributed by atoms with Crippen LogP contribution < -0.4 is 0 Å². The van der Waals surface area contributed by atoms with Crippen LogP contribution in [0.2, 0.25) is 0 Å². The predicted molar refractivity (Wildman–Crippen MR) is 67.2 cm³/mol. The van der Waals surface area contributed by atoms with Crippen LogP contribution in [0.3, 0.4) is 0 Å². The van der Waals surface area contributed by atoms with Gasteiger partial charge in [-0.1, -0.05) is 18.2 Å². The quantitative estimate of drug-likeness (QED) is 0.784. The molecule has 0 unspecified atom stereocenters. The van der Waals surface area contributed by atoms with Crippen LogP contribution in [0.25, 0.3) is 0 Å². The molecule has 1 aromatic rings. The van der Waals surface area contributed by atoms with Crippen molar-refractivity contribution < 1.29 is 22.6 Å². The summed E-state index contributed by atoms with van der Waals surface area (Å²) < 4.78 is 41.0. The van der Waals surface area contributed by atoms with E-state index in [1.165, 1.54) is 0 Å². The molecule has 2 fully saturated rings. The molecule has 0 aliphatic carbocycles. The lowest BCUT2D eigenvalue weighted by Gasteiger charge is -2.16. The fourth-order valence-electron chi connectivity index (χ4n) is 2.24. The molecule has 0 radical (unpaired) electrons. The van der Waals surface area contributed by atoms with Crippen LogP contribution in [0.4, 0.5) is 0 Å². The minimum atomic E-state index is -3.45. The summed E-state index contributed by atoms with van der Waals surface area (Å²) in [6.07, 6.45) is -0.759. The average molecular weight is 284 g/mol. The van der Waals surface area contributed by atoms with E-state index in [1.807, 2.05) is 0 Å². The Morgan fingerprint density at radius 2 is 1.89 bits per heavy atom. The third kappa shape index (κ3) is 2.41. The van der Waals surface area contributed by atoms with Crippen LogP contribution in [0.5, 0.6) is 0 Å². The van der Waals surface area contributed by atoms with E-state index >= 15 is 0 Å². The minimum absolute atomic E-state index is 0.278. The lowest BCUT2D eigenvalue weighted by molar-refractivity contribution is -0.140. The van der Waals surface area contributed by atoms with Gasteiger partial charge in [0, 0.05) is 0 Å². The van der Waals surface area contributed by atoms with E-state index in [0.29, 0.717) is 6.61 Å². The number of hydrogen-bond acceptors (Lipinski definition) is 5. The van der Waals surface area contributed by atoms with Crippen LogP contribution >= 0.6 is 0 Å².